The highest BCUT2D eigenvalue weighted by atomic mass is 16.3. The molecule has 0 aromatic heterocycles. The molecule has 6 nitrogen and oxygen atoms in total. The van der Waals surface area contributed by atoms with E-state index in [1.807, 2.05) is 6.92 Å². The average Bonchev–Trinajstić information content (AvgIpc) is 2.87. The predicted molar refractivity (Wildman–Crippen MR) is 95.5 cm³/mol. The maximum absolute atomic E-state index is 13.3. The van der Waals surface area contributed by atoms with Crippen molar-refractivity contribution in [2.45, 2.75) is 64.1 Å². The van der Waals surface area contributed by atoms with E-state index in [-0.39, 0.29) is 42.2 Å². The molecule has 148 valence electrons. The van der Waals surface area contributed by atoms with Gasteiger partial charge in [-0.05, 0) is 49.2 Å². The molecule has 0 amide bonds. The van der Waals surface area contributed by atoms with E-state index in [1.165, 1.54) is 6.08 Å². The Morgan fingerprint density at radius 1 is 1.26 bits per heavy atom. The Morgan fingerprint density at radius 3 is 2.63 bits per heavy atom. The molecule has 4 aliphatic carbocycles. The SMILES string of the molecule is C[C@@]12CCC(=O)C=C1[C@@H](O)C[C@H]1[C@H]2C(=O)C[C@]2(C)[C@@H]1CC[C@@]2(O)C(=O)CO. The molecular weight excluding hydrogens is 348 g/mol. The van der Waals surface area contributed by atoms with Crippen LogP contribution in [-0.2, 0) is 14.4 Å². The normalized spacial score (nSPS) is 49.1. The highest BCUT2D eigenvalue weighted by Crippen LogP contribution is 2.66. The van der Waals surface area contributed by atoms with Gasteiger partial charge in [-0.1, -0.05) is 13.8 Å². The van der Waals surface area contributed by atoms with Gasteiger partial charge in [-0.2, -0.15) is 0 Å². The standard InChI is InChI=1S/C21H28O6/c1-19-5-3-11(23)7-14(19)15(24)8-12-13-4-6-21(27,17(26)10-22)20(13,2)9-16(25)18(12)19/h7,12-13,15,18,22,24,27H,3-6,8-10H2,1-2H3/t12-,13-,15+,18+,19-,20-,21-/m1/s1. The monoisotopic (exact) mass is 376 g/mol. The second kappa shape index (κ2) is 5.82. The Kier molecular flexibility index (Phi) is 4.09. The summed E-state index contributed by atoms with van der Waals surface area (Å²) in [5.41, 5.74) is -2.49. The zero-order valence-corrected chi connectivity index (χ0v) is 15.9. The summed E-state index contributed by atoms with van der Waals surface area (Å²) in [6.07, 6.45) is 2.96. The summed E-state index contributed by atoms with van der Waals surface area (Å²) >= 11 is 0. The summed E-state index contributed by atoms with van der Waals surface area (Å²) in [4.78, 5) is 37.6. The summed E-state index contributed by atoms with van der Waals surface area (Å²) in [5, 5.41) is 31.3. The smallest absolute Gasteiger partial charge is 0.190 e. The Hall–Kier alpha value is -1.37. The van der Waals surface area contributed by atoms with Gasteiger partial charge in [0.15, 0.2) is 11.6 Å². The Bertz CT molecular complexity index is 756. The molecule has 3 N–H and O–H groups in total. The molecule has 4 rings (SSSR count). The Labute approximate surface area is 158 Å². The molecule has 3 fully saturated rings. The molecule has 0 radical (unpaired) electrons. The third kappa shape index (κ3) is 2.26. The first kappa shape index (κ1) is 19.0. The van der Waals surface area contributed by atoms with Gasteiger partial charge in [0.2, 0.25) is 0 Å². The molecule has 4 aliphatic rings. The number of carbonyl (C=O) groups excluding carboxylic acids is 3. The molecule has 0 aromatic rings. The van der Waals surface area contributed by atoms with E-state index in [2.05, 4.69) is 0 Å². The number of Topliss-reactive ketones (excluding diaryl/α,β-unsaturated/α-hetero) is 2. The van der Waals surface area contributed by atoms with Crippen molar-refractivity contribution in [3.8, 4) is 0 Å². The lowest BCUT2D eigenvalue weighted by Gasteiger charge is -2.58. The maximum Gasteiger partial charge on any atom is 0.190 e. The van der Waals surface area contributed by atoms with E-state index in [1.54, 1.807) is 6.92 Å². The number of hydrogen-bond donors (Lipinski definition) is 3. The molecule has 0 heterocycles. The van der Waals surface area contributed by atoms with Gasteiger partial charge in [-0.3, -0.25) is 14.4 Å². The van der Waals surface area contributed by atoms with Crippen molar-refractivity contribution >= 4 is 17.3 Å². The van der Waals surface area contributed by atoms with Crippen molar-refractivity contribution < 1.29 is 29.7 Å². The molecule has 0 aromatic carbocycles. The number of fused-ring (bicyclic) bond motifs is 5. The van der Waals surface area contributed by atoms with Crippen molar-refractivity contribution in [2.75, 3.05) is 6.61 Å². The minimum atomic E-state index is -1.70. The van der Waals surface area contributed by atoms with Crippen molar-refractivity contribution in [1.29, 1.82) is 0 Å². The van der Waals surface area contributed by atoms with Gasteiger partial charge in [0.05, 0.1) is 6.10 Å². The van der Waals surface area contributed by atoms with Crippen LogP contribution >= 0.6 is 0 Å². The van der Waals surface area contributed by atoms with Crippen LogP contribution in [-0.4, -0.2) is 51.0 Å². The van der Waals surface area contributed by atoms with E-state index >= 15 is 0 Å². The second-order valence-electron chi connectivity index (χ2n) is 9.52. The number of aliphatic hydroxyl groups excluding tert-OH is 2. The van der Waals surface area contributed by atoms with Gasteiger partial charge in [0, 0.05) is 29.6 Å². The fourth-order valence-corrected chi connectivity index (χ4v) is 7.03. The van der Waals surface area contributed by atoms with Crippen molar-refractivity contribution in [3.05, 3.63) is 11.6 Å². The minimum Gasteiger partial charge on any atom is -0.389 e. The van der Waals surface area contributed by atoms with E-state index in [4.69, 9.17) is 0 Å². The van der Waals surface area contributed by atoms with Crippen LogP contribution in [0.15, 0.2) is 11.6 Å². The quantitative estimate of drug-likeness (QED) is 0.662. The van der Waals surface area contributed by atoms with Gasteiger partial charge in [-0.25, -0.2) is 0 Å². The molecule has 27 heavy (non-hydrogen) atoms. The largest absolute Gasteiger partial charge is 0.389 e. The fraction of sp³-hybridized carbons (Fsp3) is 0.762. The number of rotatable bonds is 2. The lowest BCUT2D eigenvalue weighted by Crippen LogP contribution is -2.62. The Morgan fingerprint density at radius 2 is 1.96 bits per heavy atom. The topological polar surface area (TPSA) is 112 Å². The first-order valence-corrected chi connectivity index (χ1v) is 9.91. The molecule has 0 unspecified atom stereocenters. The number of hydrogen-bond acceptors (Lipinski definition) is 6. The summed E-state index contributed by atoms with van der Waals surface area (Å²) in [6.45, 7) is 3.03. The highest BCUT2D eigenvalue weighted by Gasteiger charge is 2.69. The summed E-state index contributed by atoms with van der Waals surface area (Å²) < 4.78 is 0. The molecule has 0 spiro atoms. The van der Waals surface area contributed by atoms with Gasteiger partial charge in [0.1, 0.15) is 18.0 Å². The molecule has 0 saturated heterocycles. The summed E-state index contributed by atoms with van der Waals surface area (Å²) in [7, 11) is 0. The third-order valence-corrected chi connectivity index (χ3v) is 8.43. The first-order valence-electron chi connectivity index (χ1n) is 9.91. The lowest BCUT2D eigenvalue weighted by molar-refractivity contribution is -0.172. The highest BCUT2D eigenvalue weighted by molar-refractivity contribution is 5.94. The van der Waals surface area contributed by atoms with Crippen LogP contribution in [0.1, 0.15) is 52.4 Å². The van der Waals surface area contributed by atoms with Crippen LogP contribution in [0, 0.1) is 28.6 Å². The molecule has 3 saturated carbocycles. The average molecular weight is 376 g/mol. The molecular formula is C21H28O6. The second-order valence-corrected chi connectivity index (χ2v) is 9.52. The van der Waals surface area contributed by atoms with Gasteiger partial charge in [-0.15, -0.1) is 0 Å². The maximum atomic E-state index is 13.3. The van der Waals surface area contributed by atoms with Gasteiger partial charge >= 0.3 is 0 Å². The summed E-state index contributed by atoms with van der Waals surface area (Å²) in [6, 6.07) is 0. The van der Waals surface area contributed by atoms with Crippen LogP contribution in [0.2, 0.25) is 0 Å². The molecule has 0 bridgehead atoms. The molecule has 0 aliphatic heterocycles. The zero-order chi connectivity index (χ0) is 19.8. The number of ketones is 3. The van der Waals surface area contributed by atoms with Crippen LogP contribution in [0.3, 0.4) is 0 Å². The van der Waals surface area contributed by atoms with E-state index in [0.717, 1.165) is 0 Å². The van der Waals surface area contributed by atoms with E-state index in [9.17, 15) is 29.7 Å². The van der Waals surface area contributed by atoms with Gasteiger partial charge < -0.3 is 15.3 Å². The molecule has 7 atom stereocenters. The zero-order valence-electron chi connectivity index (χ0n) is 15.9. The number of aliphatic hydroxyl groups is 3. The molecule has 6 heteroatoms. The lowest BCUT2D eigenvalue weighted by atomic mass is 9.45. The summed E-state index contributed by atoms with van der Waals surface area (Å²) in [5.74, 6) is -1.14. The van der Waals surface area contributed by atoms with Crippen molar-refractivity contribution in [1.82, 2.24) is 0 Å². The van der Waals surface area contributed by atoms with Gasteiger partial charge in [0.25, 0.3) is 0 Å². The van der Waals surface area contributed by atoms with Crippen LogP contribution < -0.4 is 0 Å². The van der Waals surface area contributed by atoms with Crippen LogP contribution in [0.5, 0.6) is 0 Å². The Balaban J connectivity index is 1.78. The first-order chi connectivity index (χ1) is 12.6. The predicted octanol–water partition coefficient (Wildman–Crippen LogP) is 0.961. The van der Waals surface area contributed by atoms with Crippen LogP contribution in [0.4, 0.5) is 0 Å². The minimum absolute atomic E-state index is 0.000497. The third-order valence-electron chi connectivity index (χ3n) is 8.43. The van der Waals surface area contributed by atoms with Crippen molar-refractivity contribution in [3.63, 3.8) is 0 Å². The fourth-order valence-electron chi connectivity index (χ4n) is 7.03. The van der Waals surface area contributed by atoms with Crippen molar-refractivity contribution in [2.24, 2.45) is 28.6 Å². The van der Waals surface area contributed by atoms with Crippen LogP contribution in [0.25, 0.3) is 0 Å². The number of carbonyl (C=O) groups is 3. The van der Waals surface area contributed by atoms with E-state index < -0.39 is 34.9 Å². The van der Waals surface area contributed by atoms with E-state index in [0.29, 0.717) is 31.3 Å².